The summed E-state index contributed by atoms with van der Waals surface area (Å²) in [7, 11) is 0. The molecule has 3 heteroatoms. The third kappa shape index (κ3) is 2.32. The molecule has 1 aliphatic rings. The van der Waals surface area contributed by atoms with Crippen molar-refractivity contribution in [1.82, 2.24) is 0 Å². The third-order valence-corrected chi connectivity index (χ3v) is 2.33. The van der Waals surface area contributed by atoms with Crippen molar-refractivity contribution in [2.75, 3.05) is 0 Å². The van der Waals surface area contributed by atoms with Crippen LogP contribution in [-0.2, 0) is 14.3 Å². The van der Waals surface area contributed by atoms with Crippen molar-refractivity contribution in [3.8, 4) is 0 Å². The minimum absolute atomic E-state index is 0.410. The number of hydrogen-bond acceptors (Lipinski definition) is 3. The van der Waals surface area contributed by atoms with Crippen molar-refractivity contribution in [2.24, 2.45) is 0 Å². The molecule has 0 aromatic carbocycles. The minimum atomic E-state index is -0.862. The van der Waals surface area contributed by atoms with Crippen LogP contribution in [0.15, 0.2) is 0 Å². The summed E-state index contributed by atoms with van der Waals surface area (Å²) in [6, 6.07) is 0. The monoisotopic (exact) mass is 169 g/mol. The second kappa shape index (κ2) is 3.70. The van der Waals surface area contributed by atoms with Gasteiger partial charge in [-0.25, -0.2) is 4.79 Å². The average Bonchev–Trinajstić information content (AvgIpc) is 2.05. The Hall–Kier alpha value is -0.860. The number of hydrogen-bond donors (Lipinski definition) is 0. The molecule has 1 rings (SSSR count). The molecule has 0 amide bonds. The van der Waals surface area contributed by atoms with Gasteiger partial charge in [0, 0.05) is 0 Å². The second-order valence-electron chi connectivity index (χ2n) is 3.50. The molecule has 0 unspecified atom stereocenters. The molecule has 1 fully saturated rings. The van der Waals surface area contributed by atoms with Crippen LogP contribution in [0.4, 0.5) is 0 Å². The van der Waals surface area contributed by atoms with Gasteiger partial charge in [0.15, 0.2) is 0 Å². The van der Waals surface area contributed by atoms with Crippen LogP contribution >= 0.6 is 0 Å². The topological polar surface area (TPSA) is 43.4 Å². The summed E-state index contributed by atoms with van der Waals surface area (Å²) in [5.41, 5.74) is -0.410. The van der Waals surface area contributed by atoms with E-state index < -0.39 is 11.6 Å². The molecule has 1 saturated carbocycles. The third-order valence-electron chi connectivity index (χ3n) is 2.33. The minimum Gasteiger partial charge on any atom is -0.453 e. The summed E-state index contributed by atoms with van der Waals surface area (Å²) in [5.74, 6) is -0.862. The highest BCUT2D eigenvalue weighted by Gasteiger charge is 2.30. The van der Waals surface area contributed by atoms with Gasteiger partial charge in [0.1, 0.15) is 5.60 Å². The van der Waals surface area contributed by atoms with Gasteiger partial charge in [-0.2, -0.15) is 0 Å². The van der Waals surface area contributed by atoms with Crippen LogP contribution in [0.25, 0.3) is 0 Å². The van der Waals surface area contributed by atoms with E-state index in [1.165, 1.54) is 12.7 Å². The summed E-state index contributed by atoms with van der Waals surface area (Å²) in [6.45, 7) is 1.88. The summed E-state index contributed by atoms with van der Waals surface area (Å²) in [6.07, 6.45) is 6.29. The van der Waals surface area contributed by atoms with Crippen LogP contribution in [0.3, 0.4) is 0 Å². The zero-order valence-electron chi connectivity index (χ0n) is 7.26. The van der Waals surface area contributed by atoms with Gasteiger partial charge in [-0.15, -0.1) is 0 Å². The molecule has 0 aromatic rings. The summed E-state index contributed by atoms with van der Waals surface area (Å²) >= 11 is 0. The maximum absolute atomic E-state index is 10.6. The quantitative estimate of drug-likeness (QED) is 0.463. The number of esters is 1. The second-order valence-corrected chi connectivity index (χ2v) is 3.50. The molecule has 0 bridgehead atoms. The maximum Gasteiger partial charge on any atom is 0.384 e. The number of ether oxygens (including phenoxy) is 1. The molecule has 0 atom stereocenters. The van der Waals surface area contributed by atoms with E-state index in [2.05, 4.69) is 0 Å². The molecule has 0 heterocycles. The molecule has 0 spiro atoms. The lowest BCUT2D eigenvalue weighted by Crippen LogP contribution is -2.34. The number of carbonyl (C=O) groups excluding carboxylic acids is 2. The van der Waals surface area contributed by atoms with Crippen molar-refractivity contribution in [3.05, 3.63) is 0 Å². The van der Waals surface area contributed by atoms with E-state index in [-0.39, 0.29) is 0 Å². The van der Waals surface area contributed by atoms with Crippen molar-refractivity contribution >= 4 is 12.3 Å². The highest BCUT2D eigenvalue weighted by atomic mass is 16.6. The highest BCUT2D eigenvalue weighted by molar-refractivity contribution is 6.20. The van der Waals surface area contributed by atoms with Crippen LogP contribution in [0, 0.1) is 0 Å². The van der Waals surface area contributed by atoms with E-state index in [1.54, 1.807) is 0 Å². The van der Waals surface area contributed by atoms with Crippen LogP contribution in [0.1, 0.15) is 39.0 Å². The van der Waals surface area contributed by atoms with Gasteiger partial charge < -0.3 is 4.74 Å². The molecule has 3 nitrogen and oxygen atoms in total. The Labute approximate surface area is 72.1 Å². The molecular formula is C9H13O3. The number of carbonyl (C=O) groups is 1. The van der Waals surface area contributed by atoms with Gasteiger partial charge in [0.25, 0.3) is 0 Å². The van der Waals surface area contributed by atoms with E-state index in [4.69, 9.17) is 4.74 Å². The fourth-order valence-electron chi connectivity index (χ4n) is 1.65. The Balaban J connectivity index is 2.46. The van der Waals surface area contributed by atoms with E-state index in [1.807, 2.05) is 6.92 Å². The molecule has 0 N–H and O–H groups in total. The first-order valence-corrected chi connectivity index (χ1v) is 4.27. The lowest BCUT2D eigenvalue weighted by molar-refractivity contribution is -0.152. The fourth-order valence-corrected chi connectivity index (χ4v) is 1.65. The Morgan fingerprint density at radius 2 is 1.92 bits per heavy atom. The van der Waals surface area contributed by atoms with Gasteiger partial charge >= 0.3 is 12.3 Å². The fraction of sp³-hybridized carbons (Fsp3) is 0.778. The summed E-state index contributed by atoms with van der Waals surface area (Å²) < 4.78 is 4.97. The average molecular weight is 169 g/mol. The first-order valence-electron chi connectivity index (χ1n) is 4.27. The molecule has 0 aromatic heterocycles. The first-order chi connectivity index (χ1) is 5.66. The molecule has 1 radical (unpaired) electrons. The standard InChI is InChI=1S/C9H13O3/c1-9(12-8(11)7-10)5-3-2-4-6-9/h2-6H2,1H3. The Morgan fingerprint density at radius 3 is 2.42 bits per heavy atom. The van der Waals surface area contributed by atoms with E-state index in [9.17, 15) is 9.59 Å². The molecule has 12 heavy (non-hydrogen) atoms. The molecule has 0 saturated heterocycles. The Bertz CT molecular complexity index is 180. The lowest BCUT2D eigenvalue weighted by atomic mass is 9.86. The molecule has 0 aliphatic heterocycles. The van der Waals surface area contributed by atoms with Gasteiger partial charge in [-0.05, 0) is 32.6 Å². The largest absolute Gasteiger partial charge is 0.453 e. The highest BCUT2D eigenvalue weighted by Crippen LogP contribution is 2.30. The summed E-state index contributed by atoms with van der Waals surface area (Å²) in [5, 5.41) is 0. The smallest absolute Gasteiger partial charge is 0.384 e. The number of rotatable bonds is 2. The lowest BCUT2D eigenvalue weighted by Gasteiger charge is -2.32. The van der Waals surface area contributed by atoms with Crippen molar-refractivity contribution in [1.29, 1.82) is 0 Å². The summed E-state index contributed by atoms with van der Waals surface area (Å²) in [4.78, 5) is 20.6. The first kappa shape index (κ1) is 9.23. The normalized spacial score (nSPS) is 21.4. The van der Waals surface area contributed by atoms with Crippen molar-refractivity contribution in [3.63, 3.8) is 0 Å². The predicted molar refractivity (Wildman–Crippen MR) is 43.3 cm³/mol. The zero-order valence-corrected chi connectivity index (χ0v) is 7.26. The Kier molecular flexibility index (Phi) is 2.84. The predicted octanol–water partition coefficient (Wildman–Crippen LogP) is 1.36. The van der Waals surface area contributed by atoms with Crippen LogP contribution in [0.5, 0.6) is 0 Å². The van der Waals surface area contributed by atoms with Crippen LogP contribution < -0.4 is 0 Å². The van der Waals surface area contributed by atoms with Crippen LogP contribution in [0.2, 0.25) is 0 Å². The SMILES string of the molecule is CC1(OC(=O)[C]=O)CCCCC1. The van der Waals surface area contributed by atoms with Gasteiger partial charge in [0.2, 0.25) is 0 Å². The van der Waals surface area contributed by atoms with E-state index in [0.717, 1.165) is 25.7 Å². The molecule has 1 aliphatic carbocycles. The van der Waals surface area contributed by atoms with Crippen molar-refractivity contribution in [2.45, 2.75) is 44.6 Å². The van der Waals surface area contributed by atoms with E-state index >= 15 is 0 Å². The molecule has 67 valence electrons. The molecular weight excluding hydrogens is 156 g/mol. The van der Waals surface area contributed by atoms with Crippen molar-refractivity contribution < 1.29 is 14.3 Å². The van der Waals surface area contributed by atoms with Gasteiger partial charge in [0.05, 0.1) is 0 Å². The zero-order chi connectivity index (χ0) is 9.03. The Morgan fingerprint density at radius 1 is 1.33 bits per heavy atom. The van der Waals surface area contributed by atoms with Crippen LogP contribution in [-0.4, -0.2) is 17.9 Å². The van der Waals surface area contributed by atoms with E-state index in [0.29, 0.717) is 0 Å². The van der Waals surface area contributed by atoms with Gasteiger partial charge in [-0.1, -0.05) is 6.42 Å². The maximum atomic E-state index is 10.6. The van der Waals surface area contributed by atoms with Gasteiger partial charge in [-0.3, -0.25) is 4.79 Å².